The van der Waals surface area contributed by atoms with Crippen LogP contribution in [0.3, 0.4) is 0 Å². The highest BCUT2D eigenvalue weighted by Gasteiger charge is 2.33. The molecule has 4 rings (SSSR count). The molecule has 2 N–H and O–H groups in total. The lowest BCUT2D eigenvalue weighted by atomic mass is 10.2. The van der Waals surface area contributed by atoms with Crippen LogP contribution in [0.2, 0.25) is 5.02 Å². The number of hydrogen-bond acceptors (Lipinski definition) is 5. The minimum Gasteiger partial charge on any atom is -0.320 e. The summed E-state index contributed by atoms with van der Waals surface area (Å²) in [4.78, 5) is 26.9. The summed E-state index contributed by atoms with van der Waals surface area (Å²) in [6.45, 7) is 2.46. The molecule has 1 saturated heterocycles. The molecule has 3 aromatic rings. The lowest BCUT2D eigenvalue weighted by Gasteiger charge is -2.23. The second-order valence-corrected chi connectivity index (χ2v) is 8.57. The summed E-state index contributed by atoms with van der Waals surface area (Å²) in [7, 11) is 0. The Morgan fingerprint density at radius 1 is 1.16 bits per heavy atom. The molecule has 1 aliphatic heterocycles. The maximum Gasteiger partial charge on any atom is 0.322 e. The van der Waals surface area contributed by atoms with Crippen molar-refractivity contribution in [3.05, 3.63) is 68.9 Å². The zero-order chi connectivity index (χ0) is 22.0. The zero-order valence-electron chi connectivity index (χ0n) is 16.6. The van der Waals surface area contributed by atoms with Crippen molar-refractivity contribution in [1.29, 1.82) is 0 Å². The molecule has 0 spiro atoms. The molecule has 31 heavy (non-hydrogen) atoms. The van der Waals surface area contributed by atoms with E-state index < -0.39 is 11.7 Å². The first-order chi connectivity index (χ1) is 14.9. The number of benzene rings is 2. The Bertz CT molecular complexity index is 1140. The molecule has 0 unspecified atom stereocenters. The van der Waals surface area contributed by atoms with Gasteiger partial charge in [0.25, 0.3) is 5.91 Å². The van der Waals surface area contributed by atoms with Gasteiger partial charge in [-0.2, -0.15) is 0 Å². The van der Waals surface area contributed by atoms with E-state index in [1.54, 1.807) is 23.1 Å². The van der Waals surface area contributed by atoms with E-state index in [2.05, 4.69) is 20.8 Å². The second kappa shape index (κ2) is 8.99. The van der Waals surface area contributed by atoms with Crippen LogP contribution in [-0.4, -0.2) is 33.6 Å². The number of halogens is 2. The van der Waals surface area contributed by atoms with Gasteiger partial charge in [0.15, 0.2) is 0 Å². The second-order valence-electron chi connectivity index (χ2n) is 7.16. The highest BCUT2D eigenvalue weighted by Crippen LogP contribution is 2.34. The predicted octanol–water partition coefficient (Wildman–Crippen LogP) is 5.26. The molecule has 0 aliphatic carbocycles. The molecule has 2 aromatic carbocycles. The van der Waals surface area contributed by atoms with E-state index in [1.165, 1.54) is 18.2 Å². The molecule has 10 heteroatoms. The van der Waals surface area contributed by atoms with Crippen LogP contribution < -0.4 is 10.6 Å². The number of urea groups is 1. The number of nitrogens with zero attached hydrogens (tertiary/aromatic N) is 3. The van der Waals surface area contributed by atoms with Gasteiger partial charge in [-0.25, -0.2) is 9.18 Å². The van der Waals surface area contributed by atoms with Gasteiger partial charge in [0.2, 0.25) is 5.01 Å². The number of amides is 3. The standard InChI is InChI=1S/C21H19ClFN5O2S/c1-12-7-8-15(11-16(12)22)25-21(30)28-9-3-6-17(28)19-26-27-20(31-19)18(29)24-14-5-2-4-13(23)10-14/h2,4-5,7-8,10-11,17H,3,6,9H2,1H3,(H,24,29)(H,25,30)/t17-/m1/s1. The molecular formula is C21H19ClFN5O2S. The van der Waals surface area contributed by atoms with E-state index in [4.69, 9.17) is 11.6 Å². The van der Waals surface area contributed by atoms with Crippen LogP contribution in [0, 0.1) is 12.7 Å². The molecule has 1 aromatic heterocycles. The van der Waals surface area contributed by atoms with E-state index in [-0.39, 0.29) is 17.1 Å². The fraction of sp³-hybridized carbons (Fsp3) is 0.238. The molecule has 7 nitrogen and oxygen atoms in total. The third kappa shape index (κ3) is 4.83. The van der Waals surface area contributed by atoms with Crippen LogP contribution in [-0.2, 0) is 0 Å². The Labute approximate surface area is 187 Å². The lowest BCUT2D eigenvalue weighted by Crippen LogP contribution is -2.34. The topological polar surface area (TPSA) is 87.2 Å². The Hall–Kier alpha value is -3.04. The Balaban J connectivity index is 1.45. The number of aryl methyl sites for hydroxylation is 1. The summed E-state index contributed by atoms with van der Waals surface area (Å²) in [6, 6.07) is 10.4. The first-order valence-corrected chi connectivity index (χ1v) is 10.8. The summed E-state index contributed by atoms with van der Waals surface area (Å²) in [5, 5.41) is 14.9. The maximum absolute atomic E-state index is 13.3. The van der Waals surface area contributed by atoms with E-state index >= 15 is 0 Å². The summed E-state index contributed by atoms with van der Waals surface area (Å²) in [5.74, 6) is -0.920. The number of aromatic nitrogens is 2. The number of rotatable bonds is 4. The van der Waals surface area contributed by atoms with Gasteiger partial charge >= 0.3 is 6.03 Å². The number of hydrogen-bond donors (Lipinski definition) is 2. The van der Waals surface area contributed by atoms with Crippen molar-refractivity contribution in [2.24, 2.45) is 0 Å². The fourth-order valence-electron chi connectivity index (χ4n) is 3.34. The van der Waals surface area contributed by atoms with E-state index in [9.17, 15) is 14.0 Å². The molecule has 0 saturated carbocycles. The largest absolute Gasteiger partial charge is 0.322 e. The number of likely N-dealkylation sites (tertiary alicyclic amines) is 1. The van der Waals surface area contributed by atoms with Crippen molar-refractivity contribution >= 4 is 46.3 Å². The van der Waals surface area contributed by atoms with Crippen LogP contribution >= 0.6 is 22.9 Å². The summed E-state index contributed by atoms with van der Waals surface area (Å²) in [5.41, 5.74) is 1.87. The normalized spacial score (nSPS) is 15.7. The Kier molecular flexibility index (Phi) is 6.15. The monoisotopic (exact) mass is 459 g/mol. The minimum absolute atomic E-state index is 0.150. The number of anilines is 2. The van der Waals surface area contributed by atoms with E-state index in [1.807, 2.05) is 13.0 Å². The van der Waals surface area contributed by atoms with Gasteiger partial charge in [0.1, 0.15) is 10.8 Å². The quantitative estimate of drug-likeness (QED) is 0.557. The van der Waals surface area contributed by atoms with Crippen LogP contribution in [0.15, 0.2) is 42.5 Å². The van der Waals surface area contributed by atoms with Crippen LogP contribution in [0.4, 0.5) is 20.6 Å². The SMILES string of the molecule is Cc1ccc(NC(=O)N2CCC[C@@H]2c2nnc(C(=O)Nc3cccc(F)c3)s2)cc1Cl. The summed E-state index contributed by atoms with van der Waals surface area (Å²) >= 11 is 7.26. The minimum atomic E-state index is -0.474. The van der Waals surface area contributed by atoms with Crippen molar-refractivity contribution in [2.75, 3.05) is 17.2 Å². The average Bonchev–Trinajstić information content (AvgIpc) is 3.40. The average molecular weight is 460 g/mol. The van der Waals surface area contributed by atoms with Crippen molar-refractivity contribution in [3.8, 4) is 0 Å². The lowest BCUT2D eigenvalue weighted by molar-refractivity contribution is 0.102. The van der Waals surface area contributed by atoms with Gasteiger partial charge in [0.05, 0.1) is 6.04 Å². The summed E-state index contributed by atoms with van der Waals surface area (Å²) < 4.78 is 13.3. The zero-order valence-corrected chi connectivity index (χ0v) is 18.1. The van der Waals surface area contributed by atoms with E-state index in [0.29, 0.717) is 27.9 Å². The molecular weight excluding hydrogens is 441 g/mol. The van der Waals surface area contributed by atoms with Gasteiger partial charge in [-0.15, -0.1) is 10.2 Å². The molecule has 160 valence electrons. The number of nitrogens with one attached hydrogen (secondary N) is 2. The highest BCUT2D eigenvalue weighted by atomic mass is 35.5. The van der Waals surface area contributed by atoms with E-state index in [0.717, 1.165) is 29.7 Å². The van der Waals surface area contributed by atoms with Crippen LogP contribution in [0.25, 0.3) is 0 Å². The molecule has 0 bridgehead atoms. The van der Waals surface area contributed by atoms with Crippen molar-refractivity contribution in [3.63, 3.8) is 0 Å². The maximum atomic E-state index is 13.3. The molecule has 0 radical (unpaired) electrons. The van der Waals surface area contributed by atoms with Gasteiger partial charge < -0.3 is 15.5 Å². The third-order valence-corrected chi connectivity index (χ3v) is 6.37. The first kappa shape index (κ1) is 21.2. The molecule has 1 fully saturated rings. The first-order valence-electron chi connectivity index (χ1n) is 9.65. The highest BCUT2D eigenvalue weighted by molar-refractivity contribution is 7.13. The van der Waals surface area contributed by atoms with Crippen LogP contribution in [0.5, 0.6) is 0 Å². The Morgan fingerprint density at radius 2 is 1.97 bits per heavy atom. The third-order valence-electron chi connectivity index (χ3n) is 4.94. The number of carbonyl (C=O) groups is 2. The van der Waals surface area contributed by atoms with Crippen molar-refractivity contribution in [2.45, 2.75) is 25.8 Å². The molecule has 1 aliphatic rings. The smallest absolute Gasteiger partial charge is 0.320 e. The van der Waals surface area contributed by atoms with Gasteiger partial charge in [-0.05, 0) is 55.7 Å². The fourth-order valence-corrected chi connectivity index (χ4v) is 4.41. The number of carbonyl (C=O) groups excluding carboxylic acids is 2. The van der Waals surface area contributed by atoms with Crippen LogP contribution in [0.1, 0.15) is 39.3 Å². The molecule has 1 atom stereocenters. The summed E-state index contributed by atoms with van der Waals surface area (Å²) in [6.07, 6.45) is 1.54. The molecule has 2 heterocycles. The van der Waals surface area contributed by atoms with Crippen molar-refractivity contribution in [1.82, 2.24) is 15.1 Å². The van der Waals surface area contributed by atoms with Gasteiger partial charge in [-0.1, -0.05) is 35.1 Å². The van der Waals surface area contributed by atoms with Crippen molar-refractivity contribution < 1.29 is 14.0 Å². The Morgan fingerprint density at radius 3 is 2.74 bits per heavy atom. The predicted molar refractivity (Wildman–Crippen MR) is 118 cm³/mol. The van der Waals surface area contributed by atoms with Gasteiger partial charge in [0, 0.05) is 22.9 Å². The molecule has 3 amide bonds. The van der Waals surface area contributed by atoms with Gasteiger partial charge in [-0.3, -0.25) is 4.79 Å².